The number of hydrogen-bond acceptors (Lipinski definition) is 6. The van der Waals surface area contributed by atoms with Gasteiger partial charge in [0.2, 0.25) is 0 Å². The molecule has 5 aromatic rings. The second-order valence-electron chi connectivity index (χ2n) is 8.48. The van der Waals surface area contributed by atoms with Gasteiger partial charge in [0.25, 0.3) is 5.56 Å². The fraction of sp³-hybridized carbons (Fsp3) is 0.0667. The van der Waals surface area contributed by atoms with Gasteiger partial charge in [-0.3, -0.25) is 4.79 Å². The maximum Gasteiger partial charge on any atom is 0.343 e. The Morgan fingerprint density at radius 3 is 2.45 bits per heavy atom. The van der Waals surface area contributed by atoms with Crippen LogP contribution in [0, 0.1) is 6.92 Å². The van der Waals surface area contributed by atoms with E-state index in [0.717, 1.165) is 15.6 Å². The van der Waals surface area contributed by atoms with Crippen LogP contribution in [-0.2, 0) is 0 Å². The fourth-order valence-electron chi connectivity index (χ4n) is 3.84. The first-order valence-corrected chi connectivity index (χ1v) is 12.5. The normalized spacial score (nSPS) is 11.1. The number of nitrogens with zero attached hydrogens (tertiary/aromatic N) is 3. The van der Waals surface area contributed by atoms with E-state index in [1.54, 1.807) is 67.8 Å². The van der Waals surface area contributed by atoms with Crippen LogP contribution in [0.1, 0.15) is 21.5 Å². The zero-order valence-electron chi connectivity index (χ0n) is 20.6. The van der Waals surface area contributed by atoms with E-state index in [-0.39, 0.29) is 11.3 Å². The number of carbonyl (C=O) groups excluding carboxylic acids is 1. The van der Waals surface area contributed by atoms with E-state index in [1.807, 2.05) is 37.3 Å². The standard InChI is InChI=1S/C30H22BrN3O4/c1-19-7-9-20(10-8-19)28-33-26-6-4-3-5-25(26)29(35)34(28)32-18-22-17-23(31)13-16-27(22)38-30(36)21-11-14-24(37-2)15-12-21/h3-18H,1-2H3. The first-order chi connectivity index (χ1) is 18.4. The smallest absolute Gasteiger partial charge is 0.343 e. The summed E-state index contributed by atoms with van der Waals surface area (Å²) >= 11 is 3.46. The molecule has 38 heavy (non-hydrogen) atoms. The number of hydrogen-bond donors (Lipinski definition) is 0. The molecule has 188 valence electrons. The van der Waals surface area contributed by atoms with Crippen LogP contribution < -0.4 is 15.0 Å². The lowest BCUT2D eigenvalue weighted by Crippen LogP contribution is -2.20. The Labute approximate surface area is 227 Å². The number of methoxy groups -OCH3 is 1. The highest BCUT2D eigenvalue weighted by atomic mass is 79.9. The van der Waals surface area contributed by atoms with Crippen molar-refractivity contribution in [1.82, 2.24) is 9.66 Å². The molecule has 0 bridgehead atoms. The number of aromatic nitrogens is 2. The van der Waals surface area contributed by atoms with Crippen LogP contribution in [0.5, 0.6) is 11.5 Å². The van der Waals surface area contributed by atoms with E-state index in [2.05, 4.69) is 21.0 Å². The van der Waals surface area contributed by atoms with Crippen molar-refractivity contribution >= 4 is 39.0 Å². The summed E-state index contributed by atoms with van der Waals surface area (Å²) in [6.07, 6.45) is 1.48. The Kier molecular flexibility index (Phi) is 7.15. The molecule has 0 spiro atoms. The Hall–Kier alpha value is -4.56. The first kappa shape index (κ1) is 25.1. The van der Waals surface area contributed by atoms with E-state index in [4.69, 9.17) is 14.5 Å². The minimum Gasteiger partial charge on any atom is -0.497 e. The molecule has 0 aliphatic heterocycles. The molecule has 8 heteroatoms. The molecule has 0 radical (unpaired) electrons. The van der Waals surface area contributed by atoms with E-state index < -0.39 is 5.97 Å². The summed E-state index contributed by atoms with van der Waals surface area (Å²) in [5, 5.41) is 4.96. The van der Waals surface area contributed by atoms with E-state index in [0.29, 0.717) is 33.6 Å². The van der Waals surface area contributed by atoms with Crippen LogP contribution in [0.4, 0.5) is 0 Å². The molecular weight excluding hydrogens is 546 g/mol. The quantitative estimate of drug-likeness (QED) is 0.138. The van der Waals surface area contributed by atoms with Gasteiger partial charge >= 0.3 is 5.97 Å². The van der Waals surface area contributed by atoms with Gasteiger partial charge in [-0.15, -0.1) is 0 Å². The summed E-state index contributed by atoms with van der Waals surface area (Å²) in [6, 6.07) is 26.7. The Bertz CT molecular complexity index is 1730. The predicted octanol–water partition coefficient (Wildman–Crippen LogP) is 6.24. The molecule has 1 aromatic heterocycles. The van der Waals surface area contributed by atoms with Crippen molar-refractivity contribution in [2.45, 2.75) is 6.92 Å². The number of benzene rings is 4. The van der Waals surface area contributed by atoms with Crippen LogP contribution in [0.3, 0.4) is 0 Å². The van der Waals surface area contributed by atoms with Gasteiger partial charge in [-0.2, -0.15) is 9.78 Å². The number of carbonyl (C=O) groups is 1. The van der Waals surface area contributed by atoms with Gasteiger partial charge in [-0.1, -0.05) is 57.9 Å². The van der Waals surface area contributed by atoms with E-state index in [9.17, 15) is 9.59 Å². The van der Waals surface area contributed by atoms with Crippen molar-refractivity contribution in [2.24, 2.45) is 5.10 Å². The molecule has 0 aliphatic carbocycles. The summed E-state index contributed by atoms with van der Waals surface area (Å²) < 4.78 is 12.9. The summed E-state index contributed by atoms with van der Waals surface area (Å²) in [4.78, 5) is 31.0. The van der Waals surface area contributed by atoms with Gasteiger partial charge in [-0.05, 0) is 61.5 Å². The lowest BCUT2D eigenvalue weighted by atomic mass is 10.1. The van der Waals surface area contributed by atoms with Crippen LogP contribution in [0.25, 0.3) is 22.3 Å². The predicted molar refractivity (Wildman–Crippen MR) is 151 cm³/mol. The van der Waals surface area contributed by atoms with Crippen LogP contribution in [-0.4, -0.2) is 29.0 Å². The maximum absolute atomic E-state index is 13.5. The monoisotopic (exact) mass is 567 g/mol. The third-order valence-electron chi connectivity index (χ3n) is 5.88. The lowest BCUT2D eigenvalue weighted by molar-refractivity contribution is 0.0734. The largest absolute Gasteiger partial charge is 0.497 e. The Morgan fingerprint density at radius 1 is 0.974 bits per heavy atom. The number of halogens is 1. The van der Waals surface area contributed by atoms with Crippen molar-refractivity contribution in [3.63, 3.8) is 0 Å². The second-order valence-corrected chi connectivity index (χ2v) is 9.40. The minimum atomic E-state index is -0.533. The van der Waals surface area contributed by atoms with Crippen molar-refractivity contribution in [3.8, 4) is 22.9 Å². The molecule has 0 fully saturated rings. The molecule has 0 atom stereocenters. The third-order valence-corrected chi connectivity index (χ3v) is 6.37. The first-order valence-electron chi connectivity index (χ1n) is 11.7. The van der Waals surface area contributed by atoms with Crippen molar-refractivity contribution < 1.29 is 14.3 Å². The number of para-hydroxylation sites is 1. The minimum absolute atomic E-state index is 0.288. The van der Waals surface area contributed by atoms with Crippen LogP contribution in [0.2, 0.25) is 0 Å². The van der Waals surface area contributed by atoms with Crippen molar-refractivity contribution in [2.75, 3.05) is 7.11 Å². The summed E-state index contributed by atoms with van der Waals surface area (Å²) in [7, 11) is 1.56. The fourth-order valence-corrected chi connectivity index (χ4v) is 4.22. The van der Waals surface area contributed by atoms with Crippen LogP contribution in [0.15, 0.2) is 105 Å². The highest BCUT2D eigenvalue weighted by Gasteiger charge is 2.14. The molecule has 1 heterocycles. The van der Waals surface area contributed by atoms with Crippen molar-refractivity contribution in [3.05, 3.63) is 123 Å². The molecule has 0 saturated heterocycles. The average molecular weight is 568 g/mol. The number of rotatable bonds is 6. The van der Waals surface area contributed by atoms with Crippen molar-refractivity contribution in [1.29, 1.82) is 0 Å². The van der Waals surface area contributed by atoms with Gasteiger partial charge in [0, 0.05) is 15.6 Å². The van der Waals surface area contributed by atoms with Gasteiger partial charge in [0.15, 0.2) is 5.82 Å². The summed E-state index contributed by atoms with van der Waals surface area (Å²) in [5.74, 6) is 0.791. The van der Waals surface area contributed by atoms with Gasteiger partial charge < -0.3 is 9.47 Å². The molecule has 0 N–H and O–H groups in total. The van der Waals surface area contributed by atoms with Crippen LogP contribution >= 0.6 is 15.9 Å². The average Bonchev–Trinajstić information content (AvgIpc) is 2.94. The molecule has 0 unspecified atom stereocenters. The lowest BCUT2D eigenvalue weighted by Gasteiger charge is -2.11. The van der Waals surface area contributed by atoms with E-state index >= 15 is 0 Å². The zero-order valence-corrected chi connectivity index (χ0v) is 22.2. The molecular formula is C30H22BrN3O4. The molecule has 7 nitrogen and oxygen atoms in total. The Balaban J connectivity index is 1.56. The maximum atomic E-state index is 13.5. The summed E-state index contributed by atoms with van der Waals surface area (Å²) in [6.45, 7) is 1.99. The second kappa shape index (κ2) is 10.8. The SMILES string of the molecule is COc1ccc(C(=O)Oc2ccc(Br)cc2C=Nn2c(-c3ccc(C)cc3)nc3ccccc3c2=O)cc1. The number of fused-ring (bicyclic) bond motifs is 1. The molecule has 5 rings (SSSR count). The van der Waals surface area contributed by atoms with E-state index in [1.165, 1.54) is 10.9 Å². The highest BCUT2D eigenvalue weighted by Crippen LogP contribution is 2.24. The van der Waals surface area contributed by atoms with Gasteiger partial charge in [0.1, 0.15) is 11.5 Å². The molecule has 0 aliphatic rings. The number of ether oxygens (including phenoxy) is 2. The van der Waals surface area contributed by atoms with Gasteiger partial charge in [-0.25, -0.2) is 9.78 Å². The molecule has 0 saturated carbocycles. The highest BCUT2D eigenvalue weighted by molar-refractivity contribution is 9.10. The number of esters is 1. The Morgan fingerprint density at radius 2 is 1.71 bits per heavy atom. The number of aryl methyl sites for hydroxylation is 1. The third kappa shape index (κ3) is 5.26. The topological polar surface area (TPSA) is 82.8 Å². The molecule has 4 aromatic carbocycles. The molecule has 0 amide bonds. The van der Waals surface area contributed by atoms with Gasteiger partial charge in [0.05, 0.1) is 29.8 Å². The zero-order chi connectivity index (χ0) is 26.6. The summed E-state index contributed by atoms with van der Waals surface area (Å²) in [5.41, 5.74) is 2.97.